The van der Waals surface area contributed by atoms with E-state index in [2.05, 4.69) is 17.5 Å². The monoisotopic (exact) mass is 189 g/mol. The first-order chi connectivity index (χ1) is 5.54. The SMILES string of the molecule is CN(C)C(=O)NCCCC(N)=S. The van der Waals surface area contributed by atoms with E-state index < -0.39 is 0 Å². The molecule has 0 aromatic carbocycles. The number of urea groups is 1. The van der Waals surface area contributed by atoms with Gasteiger partial charge in [0.2, 0.25) is 0 Å². The van der Waals surface area contributed by atoms with Crippen molar-refractivity contribution < 1.29 is 4.79 Å². The first-order valence-electron chi connectivity index (χ1n) is 3.77. The van der Waals surface area contributed by atoms with Crippen LogP contribution in [0.15, 0.2) is 0 Å². The maximum atomic E-state index is 10.9. The number of amides is 2. The van der Waals surface area contributed by atoms with Gasteiger partial charge < -0.3 is 16.0 Å². The third-order valence-corrected chi connectivity index (χ3v) is 1.49. The minimum atomic E-state index is -0.0852. The van der Waals surface area contributed by atoms with E-state index in [1.54, 1.807) is 14.1 Å². The summed E-state index contributed by atoms with van der Waals surface area (Å²) in [4.78, 5) is 12.9. The van der Waals surface area contributed by atoms with Gasteiger partial charge in [-0.25, -0.2) is 4.79 Å². The standard InChI is InChI=1S/C7H15N3OS/c1-10(2)7(11)9-5-3-4-6(8)12/h3-5H2,1-2H3,(H2,8,12)(H,9,11). The molecule has 0 bridgehead atoms. The van der Waals surface area contributed by atoms with E-state index in [1.165, 1.54) is 4.90 Å². The Bertz CT molecular complexity index is 170. The highest BCUT2D eigenvalue weighted by atomic mass is 32.1. The Hall–Kier alpha value is -0.840. The lowest BCUT2D eigenvalue weighted by molar-refractivity contribution is 0.217. The fraction of sp³-hybridized carbons (Fsp3) is 0.714. The maximum absolute atomic E-state index is 10.9. The molecule has 0 spiro atoms. The van der Waals surface area contributed by atoms with Gasteiger partial charge in [0.1, 0.15) is 0 Å². The summed E-state index contributed by atoms with van der Waals surface area (Å²) in [5.41, 5.74) is 5.28. The number of thiocarbonyl (C=S) groups is 1. The molecule has 0 radical (unpaired) electrons. The van der Waals surface area contributed by atoms with Gasteiger partial charge >= 0.3 is 6.03 Å². The minimum absolute atomic E-state index is 0.0852. The highest BCUT2D eigenvalue weighted by Crippen LogP contribution is 1.87. The number of rotatable bonds is 4. The average Bonchev–Trinajstić information content (AvgIpc) is 1.97. The van der Waals surface area contributed by atoms with Crippen LogP contribution in [0.4, 0.5) is 4.79 Å². The van der Waals surface area contributed by atoms with E-state index in [0.717, 1.165) is 6.42 Å². The fourth-order valence-corrected chi connectivity index (χ4v) is 0.760. The number of carbonyl (C=O) groups is 1. The summed E-state index contributed by atoms with van der Waals surface area (Å²) in [6, 6.07) is -0.0852. The largest absolute Gasteiger partial charge is 0.393 e. The van der Waals surface area contributed by atoms with Gasteiger partial charge in [0.05, 0.1) is 4.99 Å². The van der Waals surface area contributed by atoms with Crippen LogP contribution in [-0.2, 0) is 0 Å². The summed E-state index contributed by atoms with van der Waals surface area (Å²) in [5, 5.41) is 2.71. The lowest BCUT2D eigenvalue weighted by Gasteiger charge is -2.11. The lowest BCUT2D eigenvalue weighted by atomic mass is 10.3. The summed E-state index contributed by atoms with van der Waals surface area (Å²) in [6.45, 7) is 0.619. The van der Waals surface area contributed by atoms with Crippen LogP contribution < -0.4 is 11.1 Å². The zero-order chi connectivity index (χ0) is 9.56. The predicted octanol–water partition coefficient (Wildman–Crippen LogP) is 0.324. The van der Waals surface area contributed by atoms with Crippen molar-refractivity contribution in [2.24, 2.45) is 5.73 Å². The van der Waals surface area contributed by atoms with Gasteiger partial charge in [-0.05, 0) is 12.8 Å². The Morgan fingerprint density at radius 3 is 2.58 bits per heavy atom. The third kappa shape index (κ3) is 5.91. The molecule has 0 aromatic rings. The normalized spacial score (nSPS) is 9.17. The molecule has 0 aromatic heterocycles. The lowest BCUT2D eigenvalue weighted by Crippen LogP contribution is -2.35. The smallest absolute Gasteiger partial charge is 0.316 e. The molecular formula is C7H15N3OS. The number of hydrogen-bond donors (Lipinski definition) is 2. The van der Waals surface area contributed by atoms with Crippen molar-refractivity contribution in [1.29, 1.82) is 0 Å². The summed E-state index contributed by atoms with van der Waals surface area (Å²) in [6.07, 6.45) is 1.48. The fourth-order valence-electron chi connectivity index (χ4n) is 0.616. The molecule has 0 atom stereocenters. The van der Waals surface area contributed by atoms with Gasteiger partial charge in [0.25, 0.3) is 0 Å². The quantitative estimate of drug-likeness (QED) is 0.495. The topological polar surface area (TPSA) is 58.4 Å². The minimum Gasteiger partial charge on any atom is -0.393 e. The summed E-state index contributed by atoms with van der Waals surface area (Å²) >= 11 is 4.68. The predicted molar refractivity (Wildman–Crippen MR) is 53.1 cm³/mol. The van der Waals surface area contributed by atoms with E-state index in [1.807, 2.05) is 0 Å². The van der Waals surface area contributed by atoms with Crippen LogP contribution in [0.2, 0.25) is 0 Å². The highest BCUT2D eigenvalue weighted by Gasteiger charge is 2.00. The highest BCUT2D eigenvalue weighted by molar-refractivity contribution is 7.80. The molecule has 0 unspecified atom stereocenters. The van der Waals surface area contributed by atoms with Crippen molar-refractivity contribution in [1.82, 2.24) is 10.2 Å². The molecule has 5 heteroatoms. The molecule has 0 saturated heterocycles. The van der Waals surface area contributed by atoms with Gasteiger partial charge in [0, 0.05) is 20.6 Å². The second-order valence-corrected chi connectivity index (χ2v) is 3.22. The summed E-state index contributed by atoms with van der Waals surface area (Å²) < 4.78 is 0. The van der Waals surface area contributed by atoms with Crippen LogP contribution >= 0.6 is 12.2 Å². The third-order valence-electron chi connectivity index (χ3n) is 1.28. The number of carbonyl (C=O) groups excluding carboxylic acids is 1. The molecule has 0 aliphatic heterocycles. The van der Waals surface area contributed by atoms with Crippen LogP contribution in [0, 0.1) is 0 Å². The second kappa shape index (κ2) is 5.77. The first-order valence-corrected chi connectivity index (χ1v) is 4.18. The zero-order valence-electron chi connectivity index (χ0n) is 7.46. The summed E-state index contributed by atoms with van der Waals surface area (Å²) in [5.74, 6) is 0. The Labute approximate surface area is 78.1 Å². The van der Waals surface area contributed by atoms with Crippen molar-refractivity contribution in [2.45, 2.75) is 12.8 Å². The molecule has 0 saturated carbocycles. The molecule has 0 aliphatic carbocycles. The average molecular weight is 189 g/mol. The number of nitrogens with one attached hydrogen (secondary N) is 1. The van der Waals surface area contributed by atoms with Gasteiger partial charge in [-0.1, -0.05) is 12.2 Å². The molecule has 70 valence electrons. The van der Waals surface area contributed by atoms with E-state index in [4.69, 9.17) is 5.73 Å². The number of hydrogen-bond acceptors (Lipinski definition) is 2. The van der Waals surface area contributed by atoms with Gasteiger partial charge in [0.15, 0.2) is 0 Å². The Morgan fingerprint density at radius 2 is 2.17 bits per heavy atom. The molecule has 0 rings (SSSR count). The molecule has 0 aliphatic rings. The number of nitrogens with two attached hydrogens (primary N) is 1. The Kier molecular flexibility index (Phi) is 5.36. The van der Waals surface area contributed by atoms with E-state index in [0.29, 0.717) is 18.0 Å². The zero-order valence-corrected chi connectivity index (χ0v) is 8.28. The van der Waals surface area contributed by atoms with E-state index >= 15 is 0 Å². The van der Waals surface area contributed by atoms with Crippen LogP contribution in [0.25, 0.3) is 0 Å². The number of nitrogens with zero attached hydrogens (tertiary/aromatic N) is 1. The second-order valence-electron chi connectivity index (χ2n) is 2.70. The van der Waals surface area contributed by atoms with E-state index in [9.17, 15) is 4.79 Å². The molecular weight excluding hydrogens is 174 g/mol. The molecule has 4 nitrogen and oxygen atoms in total. The summed E-state index contributed by atoms with van der Waals surface area (Å²) in [7, 11) is 3.39. The molecule has 2 amide bonds. The van der Waals surface area contributed by atoms with Crippen molar-refractivity contribution in [3.05, 3.63) is 0 Å². The molecule has 3 N–H and O–H groups in total. The van der Waals surface area contributed by atoms with Crippen molar-refractivity contribution in [3.8, 4) is 0 Å². The van der Waals surface area contributed by atoms with Crippen molar-refractivity contribution in [3.63, 3.8) is 0 Å². The first kappa shape index (κ1) is 11.2. The van der Waals surface area contributed by atoms with Crippen LogP contribution in [0.3, 0.4) is 0 Å². The Balaban J connectivity index is 3.32. The molecule has 0 heterocycles. The maximum Gasteiger partial charge on any atom is 0.316 e. The Morgan fingerprint density at radius 1 is 1.58 bits per heavy atom. The van der Waals surface area contributed by atoms with Crippen LogP contribution in [0.1, 0.15) is 12.8 Å². The van der Waals surface area contributed by atoms with Gasteiger partial charge in [-0.2, -0.15) is 0 Å². The van der Waals surface area contributed by atoms with Gasteiger partial charge in [-0.15, -0.1) is 0 Å². The molecule has 12 heavy (non-hydrogen) atoms. The van der Waals surface area contributed by atoms with Gasteiger partial charge in [-0.3, -0.25) is 0 Å². The van der Waals surface area contributed by atoms with Crippen molar-refractivity contribution >= 4 is 23.2 Å². The van der Waals surface area contributed by atoms with Crippen molar-refractivity contribution in [2.75, 3.05) is 20.6 Å². The van der Waals surface area contributed by atoms with Crippen LogP contribution in [0.5, 0.6) is 0 Å². The molecule has 0 fully saturated rings. The van der Waals surface area contributed by atoms with E-state index in [-0.39, 0.29) is 6.03 Å². The van der Waals surface area contributed by atoms with Crippen LogP contribution in [-0.4, -0.2) is 36.6 Å².